The van der Waals surface area contributed by atoms with Crippen LogP contribution >= 0.6 is 15.9 Å². The Morgan fingerprint density at radius 2 is 1.41 bits per heavy atom. The molecule has 0 saturated carbocycles. The third kappa shape index (κ3) is 9.50. The Labute approximate surface area is 146 Å². The standard InChI is InChI=1S/C20H33BrO/c1-3-4-5-6-7-8-9-10-11-12-13-22-20-15-18(2)14-19(16-20)17-21/h14-16H,3-13,17H2,1-2H3. The Hall–Kier alpha value is -0.500. The van der Waals surface area contributed by atoms with Crippen LogP contribution in [-0.4, -0.2) is 6.61 Å². The maximum absolute atomic E-state index is 5.88. The zero-order chi connectivity index (χ0) is 16.0. The van der Waals surface area contributed by atoms with Crippen LogP contribution in [0.15, 0.2) is 18.2 Å². The SMILES string of the molecule is CCCCCCCCCCCCOc1cc(C)cc(CBr)c1. The number of ether oxygens (including phenoxy) is 1. The fourth-order valence-electron chi connectivity index (χ4n) is 2.76. The molecule has 0 radical (unpaired) electrons. The van der Waals surface area contributed by atoms with Gasteiger partial charge in [0.15, 0.2) is 0 Å². The molecule has 0 spiro atoms. The van der Waals surface area contributed by atoms with Gasteiger partial charge in [-0.05, 0) is 36.6 Å². The van der Waals surface area contributed by atoms with E-state index in [1.807, 2.05) is 0 Å². The first-order valence-electron chi connectivity index (χ1n) is 9.05. The van der Waals surface area contributed by atoms with Crippen molar-refractivity contribution >= 4 is 15.9 Å². The molecule has 0 bridgehead atoms. The van der Waals surface area contributed by atoms with Crippen LogP contribution in [0.3, 0.4) is 0 Å². The molecular weight excluding hydrogens is 336 g/mol. The molecule has 0 aliphatic rings. The highest BCUT2D eigenvalue weighted by atomic mass is 79.9. The average molecular weight is 369 g/mol. The zero-order valence-electron chi connectivity index (χ0n) is 14.5. The van der Waals surface area contributed by atoms with Crippen molar-refractivity contribution in [3.05, 3.63) is 29.3 Å². The monoisotopic (exact) mass is 368 g/mol. The van der Waals surface area contributed by atoms with Crippen LogP contribution in [0.1, 0.15) is 82.3 Å². The minimum Gasteiger partial charge on any atom is -0.494 e. The summed E-state index contributed by atoms with van der Waals surface area (Å²) in [5.74, 6) is 1.02. The molecule has 2 heteroatoms. The molecule has 22 heavy (non-hydrogen) atoms. The van der Waals surface area contributed by atoms with Crippen molar-refractivity contribution in [2.75, 3.05) is 6.61 Å². The Kier molecular flexibility index (Phi) is 11.5. The van der Waals surface area contributed by atoms with Gasteiger partial charge < -0.3 is 4.74 Å². The van der Waals surface area contributed by atoms with Gasteiger partial charge in [0.1, 0.15) is 5.75 Å². The zero-order valence-corrected chi connectivity index (χ0v) is 16.1. The van der Waals surface area contributed by atoms with E-state index in [1.54, 1.807) is 0 Å². The number of aryl methyl sites for hydroxylation is 1. The van der Waals surface area contributed by atoms with E-state index in [0.717, 1.165) is 17.7 Å². The van der Waals surface area contributed by atoms with Crippen molar-refractivity contribution in [3.63, 3.8) is 0 Å². The van der Waals surface area contributed by atoms with Crippen molar-refractivity contribution in [1.29, 1.82) is 0 Å². The van der Waals surface area contributed by atoms with Gasteiger partial charge in [0.05, 0.1) is 6.61 Å². The van der Waals surface area contributed by atoms with Crippen LogP contribution in [0.2, 0.25) is 0 Å². The first-order valence-corrected chi connectivity index (χ1v) is 10.2. The summed E-state index contributed by atoms with van der Waals surface area (Å²) < 4.78 is 5.88. The van der Waals surface area contributed by atoms with Gasteiger partial charge in [-0.3, -0.25) is 0 Å². The predicted octanol–water partition coefficient (Wildman–Crippen LogP) is 7.19. The number of hydrogen-bond acceptors (Lipinski definition) is 1. The van der Waals surface area contributed by atoms with Crippen molar-refractivity contribution < 1.29 is 4.74 Å². The molecule has 1 rings (SSSR count). The van der Waals surface area contributed by atoms with Crippen LogP contribution < -0.4 is 4.74 Å². The number of alkyl halides is 1. The normalized spacial score (nSPS) is 10.9. The van der Waals surface area contributed by atoms with Crippen molar-refractivity contribution in [1.82, 2.24) is 0 Å². The van der Waals surface area contributed by atoms with Crippen molar-refractivity contribution in [3.8, 4) is 5.75 Å². The van der Waals surface area contributed by atoms with E-state index < -0.39 is 0 Å². The van der Waals surface area contributed by atoms with Crippen molar-refractivity contribution in [2.24, 2.45) is 0 Å². The van der Waals surface area contributed by atoms with E-state index >= 15 is 0 Å². The third-order valence-electron chi connectivity index (χ3n) is 4.03. The van der Waals surface area contributed by atoms with Gasteiger partial charge in [-0.25, -0.2) is 0 Å². The smallest absolute Gasteiger partial charge is 0.119 e. The van der Waals surface area contributed by atoms with E-state index in [9.17, 15) is 0 Å². The molecule has 126 valence electrons. The summed E-state index contributed by atoms with van der Waals surface area (Å²) >= 11 is 3.51. The molecule has 0 unspecified atom stereocenters. The van der Waals surface area contributed by atoms with Crippen LogP contribution in [0.5, 0.6) is 5.75 Å². The highest BCUT2D eigenvalue weighted by Gasteiger charge is 1.99. The average Bonchev–Trinajstić information content (AvgIpc) is 2.52. The second kappa shape index (κ2) is 13.0. The lowest BCUT2D eigenvalue weighted by Gasteiger charge is -2.09. The maximum atomic E-state index is 5.88. The lowest BCUT2D eigenvalue weighted by atomic mass is 10.1. The Bertz CT molecular complexity index is 389. The van der Waals surface area contributed by atoms with E-state index in [2.05, 4.69) is 48.0 Å². The molecule has 0 fully saturated rings. The highest BCUT2D eigenvalue weighted by Crippen LogP contribution is 2.19. The molecule has 0 aromatic heterocycles. The molecule has 0 aliphatic heterocycles. The van der Waals surface area contributed by atoms with Crippen LogP contribution in [0.4, 0.5) is 0 Å². The lowest BCUT2D eigenvalue weighted by Crippen LogP contribution is -1.98. The second-order valence-electron chi connectivity index (χ2n) is 6.32. The second-order valence-corrected chi connectivity index (χ2v) is 6.88. The summed E-state index contributed by atoms with van der Waals surface area (Å²) in [6, 6.07) is 6.46. The van der Waals surface area contributed by atoms with E-state index in [1.165, 1.54) is 75.3 Å². The number of hydrogen-bond donors (Lipinski definition) is 0. The van der Waals surface area contributed by atoms with Gasteiger partial charge in [0.25, 0.3) is 0 Å². The van der Waals surface area contributed by atoms with Gasteiger partial charge in [0.2, 0.25) is 0 Å². The highest BCUT2D eigenvalue weighted by molar-refractivity contribution is 9.08. The van der Waals surface area contributed by atoms with Gasteiger partial charge in [-0.1, -0.05) is 86.7 Å². The number of benzene rings is 1. The minimum atomic E-state index is 0.849. The fraction of sp³-hybridized carbons (Fsp3) is 0.700. The van der Waals surface area contributed by atoms with Gasteiger partial charge in [-0.2, -0.15) is 0 Å². The topological polar surface area (TPSA) is 9.23 Å². The van der Waals surface area contributed by atoms with E-state index in [0.29, 0.717) is 0 Å². The maximum Gasteiger partial charge on any atom is 0.119 e. The Morgan fingerprint density at radius 3 is 2.00 bits per heavy atom. The quantitative estimate of drug-likeness (QED) is 0.264. The molecule has 0 heterocycles. The molecular formula is C20H33BrO. The largest absolute Gasteiger partial charge is 0.494 e. The molecule has 1 aromatic rings. The molecule has 0 aliphatic carbocycles. The van der Waals surface area contributed by atoms with Crippen LogP contribution in [0, 0.1) is 6.92 Å². The number of unbranched alkanes of at least 4 members (excludes halogenated alkanes) is 9. The van der Waals surface area contributed by atoms with E-state index in [4.69, 9.17) is 4.74 Å². The van der Waals surface area contributed by atoms with Gasteiger partial charge in [-0.15, -0.1) is 0 Å². The summed E-state index contributed by atoms with van der Waals surface area (Å²) in [7, 11) is 0. The molecule has 0 N–H and O–H groups in total. The summed E-state index contributed by atoms with van der Waals surface area (Å²) in [5.41, 5.74) is 2.56. The third-order valence-corrected chi connectivity index (χ3v) is 4.68. The first-order chi connectivity index (χ1) is 10.8. The lowest BCUT2D eigenvalue weighted by molar-refractivity contribution is 0.304. The molecule has 0 atom stereocenters. The Balaban J connectivity index is 1.98. The van der Waals surface area contributed by atoms with Crippen LogP contribution in [-0.2, 0) is 5.33 Å². The molecule has 0 saturated heterocycles. The fourth-order valence-corrected chi connectivity index (χ4v) is 3.09. The summed E-state index contributed by atoms with van der Waals surface area (Å²) in [6.45, 7) is 5.25. The molecule has 0 amide bonds. The number of rotatable bonds is 13. The Morgan fingerprint density at radius 1 is 0.818 bits per heavy atom. The summed E-state index contributed by atoms with van der Waals surface area (Å²) in [6.07, 6.45) is 13.7. The minimum absolute atomic E-state index is 0.849. The van der Waals surface area contributed by atoms with Crippen LogP contribution in [0.25, 0.3) is 0 Å². The van der Waals surface area contributed by atoms with Gasteiger partial charge >= 0.3 is 0 Å². The summed E-state index contributed by atoms with van der Waals surface area (Å²) in [5, 5.41) is 0.892. The predicted molar refractivity (Wildman–Crippen MR) is 101 cm³/mol. The van der Waals surface area contributed by atoms with Gasteiger partial charge in [0, 0.05) is 5.33 Å². The van der Waals surface area contributed by atoms with Crippen molar-refractivity contribution in [2.45, 2.75) is 83.4 Å². The number of halogens is 1. The molecule has 1 nitrogen and oxygen atoms in total. The molecule has 1 aromatic carbocycles. The summed E-state index contributed by atoms with van der Waals surface area (Å²) in [4.78, 5) is 0. The first kappa shape index (κ1) is 19.5. The van der Waals surface area contributed by atoms with E-state index in [-0.39, 0.29) is 0 Å².